The summed E-state index contributed by atoms with van der Waals surface area (Å²) in [4.78, 5) is 4.50. The van der Waals surface area contributed by atoms with Crippen LogP contribution in [0.5, 0.6) is 0 Å². The third kappa shape index (κ3) is 1.67. The standard InChI is InChI=1S/C13H10BNO2/c16-14(17)11-5-3-7-13-10(11)8-9-4-1-2-6-12(9)15-13/h1-8,16-17H. The van der Waals surface area contributed by atoms with E-state index in [0.717, 1.165) is 21.8 Å². The SMILES string of the molecule is OB(O)c1cccc2nc3ccccc3cc12. The number of nitrogens with zero attached hydrogens (tertiary/aromatic N) is 1. The van der Waals surface area contributed by atoms with E-state index in [9.17, 15) is 10.0 Å². The third-order valence-electron chi connectivity index (χ3n) is 2.87. The van der Waals surface area contributed by atoms with Gasteiger partial charge >= 0.3 is 7.12 Å². The van der Waals surface area contributed by atoms with Crippen molar-refractivity contribution in [1.29, 1.82) is 0 Å². The number of rotatable bonds is 1. The van der Waals surface area contributed by atoms with Gasteiger partial charge in [-0.25, -0.2) is 4.98 Å². The fourth-order valence-corrected chi connectivity index (χ4v) is 2.05. The maximum atomic E-state index is 9.32. The summed E-state index contributed by atoms with van der Waals surface area (Å²) < 4.78 is 0. The van der Waals surface area contributed by atoms with E-state index < -0.39 is 7.12 Å². The molecule has 2 N–H and O–H groups in total. The van der Waals surface area contributed by atoms with Gasteiger partial charge in [-0.05, 0) is 23.7 Å². The van der Waals surface area contributed by atoms with Gasteiger partial charge < -0.3 is 10.0 Å². The van der Waals surface area contributed by atoms with Crippen LogP contribution in [0.1, 0.15) is 0 Å². The Balaban J connectivity index is 2.43. The first kappa shape index (κ1) is 10.3. The molecular weight excluding hydrogens is 213 g/mol. The van der Waals surface area contributed by atoms with Crippen LogP contribution in [0.4, 0.5) is 0 Å². The Morgan fingerprint density at radius 1 is 0.882 bits per heavy atom. The molecule has 0 spiro atoms. The molecule has 0 radical (unpaired) electrons. The van der Waals surface area contributed by atoms with Crippen molar-refractivity contribution in [1.82, 2.24) is 4.98 Å². The molecular formula is C13H10BNO2. The lowest BCUT2D eigenvalue weighted by Gasteiger charge is -2.06. The summed E-state index contributed by atoms with van der Waals surface area (Å²) in [6.07, 6.45) is 0. The highest BCUT2D eigenvalue weighted by Crippen LogP contribution is 2.18. The first-order chi connectivity index (χ1) is 8.25. The summed E-state index contributed by atoms with van der Waals surface area (Å²) in [5.41, 5.74) is 2.17. The molecule has 1 aromatic heterocycles. The van der Waals surface area contributed by atoms with Crippen molar-refractivity contribution >= 4 is 34.4 Å². The number of benzene rings is 2. The molecule has 0 bridgehead atoms. The van der Waals surface area contributed by atoms with Gasteiger partial charge in [-0.2, -0.15) is 0 Å². The molecule has 3 rings (SSSR count). The second-order valence-electron chi connectivity index (χ2n) is 3.97. The highest BCUT2D eigenvalue weighted by molar-refractivity contribution is 6.62. The van der Waals surface area contributed by atoms with E-state index in [1.807, 2.05) is 36.4 Å². The molecule has 17 heavy (non-hydrogen) atoms. The van der Waals surface area contributed by atoms with Crippen molar-refractivity contribution in [3.8, 4) is 0 Å². The van der Waals surface area contributed by atoms with Crippen LogP contribution in [0.2, 0.25) is 0 Å². The molecule has 0 saturated carbocycles. The Kier molecular flexibility index (Phi) is 2.32. The molecule has 3 aromatic rings. The first-order valence-electron chi connectivity index (χ1n) is 5.40. The Hall–Kier alpha value is -1.91. The number of fused-ring (bicyclic) bond motifs is 2. The molecule has 0 unspecified atom stereocenters. The summed E-state index contributed by atoms with van der Waals surface area (Å²) in [5, 5.41) is 20.4. The van der Waals surface area contributed by atoms with Crippen molar-refractivity contribution < 1.29 is 10.0 Å². The molecule has 1 heterocycles. The number of aromatic nitrogens is 1. The van der Waals surface area contributed by atoms with Crippen LogP contribution in [-0.2, 0) is 0 Å². The van der Waals surface area contributed by atoms with Crippen LogP contribution in [0, 0.1) is 0 Å². The van der Waals surface area contributed by atoms with E-state index in [1.54, 1.807) is 12.1 Å². The van der Waals surface area contributed by atoms with Crippen LogP contribution >= 0.6 is 0 Å². The Labute approximate surface area is 98.5 Å². The van der Waals surface area contributed by atoms with E-state index in [4.69, 9.17) is 0 Å². The van der Waals surface area contributed by atoms with Crippen molar-refractivity contribution in [2.45, 2.75) is 0 Å². The first-order valence-corrected chi connectivity index (χ1v) is 5.40. The molecule has 0 aliphatic rings. The van der Waals surface area contributed by atoms with E-state index >= 15 is 0 Å². The van der Waals surface area contributed by atoms with E-state index in [1.165, 1.54) is 0 Å². The second-order valence-corrected chi connectivity index (χ2v) is 3.97. The zero-order valence-corrected chi connectivity index (χ0v) is 9.04. The van der Waals surface area contributed by atoms with Crippen molar-refractivity contribution in [3.63, 3.8) is 0 Å². The number of hydrogen-bond acceptors (Lipinski definition) is 3. The minimum atomic E-state index is -1.47. The minimum Gasteiger partial charge on any atom is -0.423 e. The fraction of sp³-hybridized carbons (Fsp3) is 0. The Bertz CT molecular complexity index is 697. The molecule has 3 nitrogen and oxygen atoms in total. The predicted molar refractivity (Wildman–Crippen MR) is 69.1 cm³/mol. The van der Waals surface area contributed by atoms with Crippen LogP contribution in [0.3, 0.4) is 0 Å². The van der Waals surface area contributed by atoms with Crippen molar-refractivity contribution in [2.24, 2.45) is 0 Å². The van der Waals surface area contributed by atoms with Gasteiger partial charge in [-0.1, -0.05) is 30.3 Å². The van der Waals surface area contributed by atoms with E-state index in [0.29, 0.717) is 5.46 Å². The molecule has 0 saturated heterocycles. The lowest BCUT2D eigenvalue weighted by atomic mass is 9.77. The lowest BCUT2D eigenvalue weighted by molar-refractivity contribution is 0.426. The quantitative estimate of drug-likeness (QED) is 0.479. The molecule has 2 aromatic carbocycles. The van der Waals surface area contributed by atoms with Crippen LogP contribution in [0.15, 0.2) is 48.5 Å². The van der Waals surface area contributed by atoms with Crippen LogP contribution in [-0.4, -0.2) is 22.2 Å². The maximum absolute atomic E-state index is 9.32. The Morgan fingerprint density at radius 3 is 2.47 bits per heavy atom. The zero-order chi connectivity index (χ0) is 11.8. The summed E-state index contributed by atoms with van der Waals surface area (Å²) >= 11 is 0. The molecule has 0 amide bonds. The number of pyridine rings is 1. The predicted octanol–water partition coefficient (Wildman–Crippen LogP) is 1.07. The van der Waals surface area contributed by atoms with Gasteiger partial charge in [0.2, 0.25) is 0 Å². The monoisotopic (exact) mass is 223 g/mol. The highest BCUT2D eigenvalue weighted by Gasteiger charge is 2.14. The average Bonchev–Trinajstić information content (AvgIpc) is 2.35. The summed E-state index contributed by atoms with van der Waals surface area (Å²) in [7, 11) is -1.47. The number of para-hydroxylation sites is 1. The largest absolute Gasteiger partial charge is 0.489 e. The highest BCUT2D eigenvalue weighted by atomic mass is 16.4. The van der Waals surface area contributed by atoms with Crippen molar-refractivity contribution in [3.05, 3.63) is 48.5 Å². The normalized spacial score (nSPS) is 10.9. The van der Waals surface area contributed by atoms with E-state index in [-0.39, 0.29) is 0 Å². The van der Waals surface area contributed by atoms with Gasteiger partial charge in [0.05, 0.1) is 11.0 Å². The van der Waals surface area contributed by atoms with Gasteiger partial charge in [0.1, 0.15) is 0 Å². The average molecular weight is 223 g/mol. The molecule has 4 heteroatoms. The van der Waals surface area contributed by atoms with Gasteiger partial charge in [0.25, 0.3) is 0 Å². The van der Waals surface area contributed by atoms with E-state index in [2.05, 4.69) is 4.98 Å². The number of hydrogen-bond donors (Lipinski definition) is 2. The molecule has 0 atom stereocenters. The third-order valence-corrected chi connectivity index (χ3v) is 2.87. The molecule has 0 aliphatic carbocycles. The summed E-state index contributed by atoms with van der Waals surface area (Å²) in [5.74, 6) is 0. The zero-order valence-electron chi connectivity index (χ0n) is 9.04. The minimum absolute atomic E-state index is 0.487. The smallest absolute Gasteiger partial charge is 0.423 e. The lowest BCUT2D eigenvalue weighted by Crippen LogP contribution is -2.30. The second kappa shape index (κ2) is 3.84. The molecule has 82 valence electrons. The Morgan fingerprint density at radius 2 is 1.65 bits per heavy atom. The molecule has 0 aliphatic heterocycles. The van der Waals surface area contributed by atoms with Gasteiger partial charge in [0.15, 0.2) is 0 Å². The topological polar surface area (TPSA) is 53.4 Å². The van der Waals surface area contributed by atoms with Crippen LogP contribution in [0.25, 0.3) is 21.8 Å². The van der Waals surface area contributed by atoms with Gasteiger partial charge in [0, 0.05) is 10.8 Å². The fourth-order valence-electron chi connectivity index (χ4n) is 2.05. The maximum Gasteiger partial charge on any atom is 0.489 e. The van der Waals surface area contributed by atoms with Crippen LogP contribution < -0.4 is 5.46 Å². The van der Waals surface area contributed by atoms with Gasteiger partial charge in [-0.15, -0.1) is 0 Å². The summed E-state index contributed by atoms with van der Waals surface area (Å²) in [6, 6.07) is 15.1. The van der Waals surface area contributed by atoms with Crippen molar-refractivity contribution in [2.75, 3.05) is 0 Å². The van der Waals surface area contributed by atoms with Gasteiger partial charge in [-0.3, -0.25) is 0 Å². The summed E-state index contributed by atoms with van der Waals surface area (Å²) in [6.45, 7) is 0. The molecule has 0 fully saturated rings.